The van der Waals surface area contributed by atoms with Gasteiger partial charge in [0, 0.05) is 34.9 Å². The highest BCUT2D eigenvalue weighted by Crippen LogP contribution is 2.40. The number of benzene rings is 1. The lowest BCUT2D eigenvalue weighted by Gasteiger charge is -2.15. The summed E-state index contributed by atoms with van der Waals surface area (Å²) in [6, 6.07) is 10.3. The molecular formula is C15H16N2O2S. The summed E-state index contributed by atoms with van der Waals surface area (Å²) in [6.07, 6.45) is 0. The molecule has 0 saturated heterocycles. The van der Waals surface area contributed by atoms with Gasteiger partial charge >= 0.3 is 0 Å². The summed E-state index contributed by atoms with van der Waals surface area (Å²) in [6.45, 7) is 2.41. The number of rotatable bonds is 3. The molecule has 1 aromatic heterocycles. The fourth-order valence-corrected chi connectivity index (χ4v) is 3.76. The molecule has 0 radical (unpaired) electrons. The summed E-state index contributed by atoms with van der Waals surface area (Å²) in [5.41, 5.74) is 1.94. The van der Waals surface area contributed by atoms with E-state index in [2.05, 4.69) is 23.2 Å². The third-order valence-electron chi connectivity index (χ3n) is 3.49. The molecule has 0 amide bonds. The smallest absolute Gasteiger partial charge is 0.299 e. The van der Waals surface area contributed by atoms with E-state index in [9.17, 15) is 4.79 Å². The second-order valence-corrected chi connectivity index (χ2v) is 5.94. The monoisotopic (exact) mass is 288 g/mol. The predicted molar refractivity (Wildman–Crippen MR) is 79.7 cm³/mol. The largest absolute Gasteiger partial charge is 0.468 e. The van der Waals surface area contributed by atoms with E-state index in [1.54, 1.807) is 24.7 Å². The van der Waals surface area contributed by atoms with Crippen LogP contribution in [0.3, 0.4) is 0 Å². The standard InChI is InChI=1S/C15H16N2O2S/c1-10-7-14(18)17(15(16-10)19-2)8-11-9-20-13-6-4-3-5-12(11)13/h3-7,11H,8-9H2,1-2H3. The fourth-order valence-electron chi connectivity index (χ4n) is 2.52. The van der Waals surface area contributed by atoms with Crippen molar-refractivity contribution in [2.75, 3.05) is 12.9 Å². The first-order valence-corrected chi connectivity index (χ1v) is 7.52. The minimum absolute atomic E-state index is 0.0521. The average molecular weight is 288 g/mol. The Kier molecular flexibility index (Phi) is 3.53. The van der Waals surface area contributed by atoms with Crippen molar-refractivity contribution in [3.63, 3.8) is 0 Å². The van der Waals surface area contributed by atoms with Crippen molar-refractivity contribution in [2.45, 2.75) is 24.3 Å². The molecule has 5 heteroatoms. The molecule has 0 spiro atoms. The number of hydrogen-bond donors (Lipinski definition) is 0. The number of hydrogen-bond acceptors (Lipinski definition) is 4. The SMILES string of the molecule is COc1nc(C)cc(=O)n1CC1CSc2ccccc21. The van der Waals surface area contributed by atoms with Crippen LogP contribution in [0.15, 0.2) is 40.0 Å². The van der Waals surface area contributed by atoms with Crippen molar-refractivity contribution in [3.05, 3.63) is 51.9 Å². The Labute approximate surface area is 121 Å². The van der Waals surface area contributed by atoms with E-state index in [4.69, 9.17) is 4.74 Å². The van der Waals surface area contributed by atoms with Gasteiger partial charge in [-0.05, 0) is 18.6 Å². The van der Waals surface area contributed by atoms with Crippen molar-refractivity contribution in [2.24, 2.45) is 0 Å². The molecular weight excluding hydrogens is 272 g/mol. The van der Waals surface area contributed by atoms with Crippen LogP contribution in [0.2, 0.25) is 0 Å². The van der Waals surface area contributed by atoms with E-state index in [1.807, 2.05) is 17.8 Å². The maximum Gasteiger partial charge on any atom is 0.299 e. The summed E-state index contributed by atoms with van der Waals surface area (Å²) >= 11 is 1.84. The lowest BCUT2D eigenvalue weighted by atomic mass is 10.0. The molecule has 0 fully saturated rings. The highest BCUT2D eigenvalue weighted by molar-refractivity contribution is 7.99. The van der Waals surface area contributed by atoms with Crippen LogP contribution in [0.25, 0.3) is 0 Å². The summed E-state index contributed by atoms with van der Waals surface area (Å²) < 4.78 is 6.88. The average Bonchev–Trinajstić information content (AvgIpc) is 2.85. The van der Waals surface area contributed by atoms with Gasteiger partial charge in [-0.2, -0.15) is 0 Å². The maximum absolute atomic E-state index is 12.2. The summed E-state index contributed by atoms with van der Waals surface area (Å²) in [7, 11) is 1.55. The Morgan fingerprint density at radius 1 is 1.45 bits per heavy atom. The Balaban J connectivity index is 1.95. The van der Waals surface area contributed by atoms with Gasteiger partial charge < -0.3 is 4.74 Å². The van der Waals surface area contributed by atoms with Gasteiger partial charge in [0.15, 0.2) is 0 Å². The third kappa shape index (κ3) is 2.33. The van der Waals surface area contributed by atoms with Crippen molar-refractivity contribution in [3.8, 4) is 6.01 Å². The Morgan fingerprint density at radius 3 is 3.05 bits per heavy atom. The van der Waals surface area contributed by atoms with E-state index in [0.29, 0.717) is 24.2 Å². The normalized spacial score (nSPS) is 17.0. The Bertz CT molecular complexity index is 697. The van der Waals surface area contributed by atoms with Gasteiger partial charge in [-0.3, -0.25) is 9.36 Å². The highest BCUT2D eigenvalue weighted by atomic mass is 32.2. The molecule has 2 heterocycles. The molecule has 1 unspecified atom stereocenters. The molecule has 0 saturated carbocycles. The van der Waals surface area contributed by atoms with Gasteiger partial charge in [0.2, 0.25) is 0 Å². The van der Waals surface area contributed by atoms with Crippen molar-refractivity contribution < 1.29 is 4.74 Å². The maximum atomic E-state index is 12.2. The molecule has 104 valence electrons. The highest BCUT2D eigenvalue weighted by Gasteiger charge is 2.24. The number of aromatic nitrogens is 2. The van der Waals surface area contributed by atoms with Crippen molar-refractivity contribution >= 4 is 11.8 Å². The van der Waals surface area contributed by atoms with Crippen LogP contribution in [0.1, 0.15) is 17.2 Å². The van der Waals surface area contributed by atoms with Gasteiger partial charge in [-0.25, -0.2) is 4.98 Å². The van der Waals surface area contributed by atoms with Crippen LogP contribution >= 0.6 is 11.8 Å². The second-order valence-electron chi connectivity index (χ2n) is 4.88. The molecule has 0 bridgehead atoms. The molecule has 2 aromatic rings. The van der Waals surface area contributed by atoms with Crippen LogP contribution in [0, 0.1) is 6.92 Å². The minimum Gasteiger partial charge on any atom is -0.468 e. The van der Waals surface area contributed by atoms with Crippen LogP contribution in [0.4, 0.5) is 0 Å². The van der Waals surface area contributed by atoms with Crippen LogP contribution < -0.4 is 10.3 Å². The number of nitrogens with zero attached hydrogens (tertiary/aromatic N) is 2. The van der Waals surface area contributed by atoms with Gasteiger partial charge in [-0.1, -0.05) is 18.2 Å². The molecule has 20 heavy (non-hydrogen) atoms. The zero-order chi connectivity index (χ0) is 14.1. The van der Waals surface area contributed by atoms with E-state index in [-0.39, 0.29) is 5.56 Å². The second kappa shape index (κ2) is 5.32. The summed E-state index contributed by atoms with van der Waals surface area (Å²) in [5, 5.41) is 0. The van der Waals surface area contributed by atoms with Crippen LogP contribution in [-0.4, -0.2) is 22.4 Å². The fraction of sp³-hybridized carbons (Fsp3) is 0.333. The first-order valence-electron chi connectivity index (χ1n) is 6.53. The minimum atomic E-state index is -0.0521. The third-order valence-corrected chi connectivity index (χ3v) is 4.74. The quantitative estimate of drug-likeness (QED) is 0.870. The first kappa shape index (κ1) is 13.2. The van der Waals surface area contributed by atoms with Gasteiger partial charge in [-0.15, -0.1) is 11.8 Å². The summed E-state index contributed by atoms with van der Waals surface area (Å²) in [5.74, 6) is 1.32. The zero-order valence-corrected chi connectivity index (χ0v) is 12.3. The Morgan fingerprint density at radius 2 is 2.25 bits per heavy atom. The lowest BCUT2D eigenvalue weighted by Crippen LogP contribution is -2.25. The number of methoxy groups -OCH3 is 1. The number of ether oxygens (including phenoxy) is 1. The predicted octanol–water partition coefficient (Wildman–Crippen LogP) is 2.45. The topological polar surface area (TPSA) is 44.1 Å². The van der Waals surface area contributed by atoms with Crippen molar-refractivity contribution in [1.29, 1.82) is 0 Å². The molecule has 0 aliphatic carbocycles. The van der Waals surface area contributed by atoms with Gasteiger partial charge in [0.05, 0.1) is 7.11 Å². The van der Waals surface area contributed by atoms with Crippen LogP contribution in [0.5, 0.6) is 6.01 Å². The lowest BCUT2D eigenvalue weighted by molar-refractivity contribution is 0.339. The van der Waals surface area contributed by atoms with E-state index >= 15 is 0 Å². The van der Waals surface area contributed by atoms with E-state index < -0.39 is 0 Å². The molecule has 1 aromatic carbocycles. The molecule has 0 N–H and O–H groups in total. The number of thioether (sulfide) groups is 1. The Hall–Kier alpha value is -1.75. The number of fused-ring (bicyclic) bond motifs is 1. The zero-order valence-electron chi connectivity index (χ0n) is 11.5. The number of aryl methyl sites for hydroxylation is 1. The molecule has 1 aliphatic heterocycles. The van der Waals surface area contributed by atoms with E-state index in [0.717, 1.165) is 5.75 Å². The van der Waals surface area contributed by atoms with Gasteiger partial charge in [0.25, 0.3) is 11.6 Å². The van der Waals surface area contributed by atoms with Crippen LogP contribution in [-0.2, 0) is 6.54 Å². The van der Waals surface area contributed by atoms with E-state index in [1.165, 1.54) is 10.5 Å². The first-order chi connectivity index (χ1) is 9.69. The molecule has 3 rings (SSSR count). The molecule has 1 atom stereocenters. The summed E-state index contributed by atoms with van der Waals surface area (Å²) in [4.78, 5) is 17.7. The molecule has 1 aliphatic rings. The van der Waals surface area contributed by atoms with Gasteiger partial charge in [0.1, 0.15) is 0 Å². The molecule has 4 nitrogen and oxygen atoms in total. The van der Waals surface area contributed by atoms with Crippen molar-refractivity contribution in [1.82, 2.24) is 9.55 Å².